The van der Waals surface area contributed by atoms with Crippen LogP contribution in [0.4, 0.5) is 11.4 Å². The molecule has 2 aromatic rings. The first-order valence-corrected chi connectivity index (χ1v) is 8.32. The summed E-state index contributed by atoms with van der Waals surface area (Å²) in [5, 5.41) is 6.38. The molecule has 23 heavy (non-hydrogen) atoms. The number of hydrogen-bond donors (Lipinski definition) is 2. The fourth-order valence-electron chi connectivity index (χ4n) is 2.49. The predicted octanol–water partition coefficient (Wildman–Crippen LogP) is 4.98. The molecule has 0 aromatic heterocycles. The summed E-state index contributed by atoms with van der Waals surface area (Å²) in [5.41, 5.74) is 4.42. The zero-order valence-corrected chi connectivity index (χ0v) is 14.2. The third-order valence-corrected chi connectivity index (χ3v) is 4.13. The van der Waals surface area contributed by atoms with E-state index in [-0.39, 0.29) is 11.8 Å². The number of rotatable bonds is 7. The molecule has 0 aliphatic rings. The number of carbonyl (C=O) groups excluding carboxylic acids is 1. The summed E-state index contributed by atoms with van der Waals surface area (Å²) in [4.78, 5) is 12.1. The van der Waals surface area contributed by atoms with E-state index < -0.39 is 0 Å². The lowest BCUT2D eigenvalue weighted by Crippen LogP contribution is -2.21. The number of aryl methyl sites for hydroxylation is 1. The largest absolute Gasteiger partial charge is 0.381 e. The van der Waals surface area contributed by atoms with Crippen molar-refractivity contribution in [3.8, 4) is 0 Å². The van der Waals surface area contributed by atoms with Gasteiger partial charge >= 0.3 is 0 Å². The molecule has 2 N–H and O–H groups in total. The highest BCUT2D eigenvalue weighted by Gasteiger charge is 2.13. The van der Waals surface area contributed by atoms with Crippen molar-refractivity contribution in [1.29, 1.82) is 0 Å². The Morgan fingerprint density at radius 2 is 1.48 bits per heavy atom. The Morgan fingerprint density at radius 3 is 2.04 bits per heavy atom. The molecule has 0 aliphatic heterocycles. The maximum absolute atomic E-state index is 12.1. The van der Waals surface area contributed by atoms with Gasteiger partial charge in [-0.3, -0.25) is 4.79 Å². The van der Waals surface area contributed by atoms with E-state index in [1.165, 1.54) is 11.1 Å². The zero-order chi connectivity index (χ0) is 16.7. The fraction of sp³-hybridized carbons (Fsp3) is 0.350. The Kier molecular flexibility index (Phi) is 6.21. The van der Waals surface area contributed by atoms with Gasteiger partial charge in [0.2, 0.25) is 5.91 Å². The van der Waals surface area contributed by atoms with Gasteiger partial charge in [0.25, 0.3) is 0 Å². The second-order valence-electron chi connectivity index (χ2n) is 5.92. The number of benzene rings is 2. The highest BCUT2D eigenvalue weighted by molar-refractivity contribution is 5.92. The second-order valence-corrected chi connectivity index (χ2v) is 5.92. The molecule has 0 fully saturated rings. The molecule has 0 heterocycles. The Morgan fingerprint density at radius 1 is 0.913 bits per heavy atom. The second kappa shape index (κ2) is 8.37. The number of nitrogens with one attached hydrogen (secondary N) is 2. The first kappa shape index (κ1) is 17.1. The number of hydrogen-bond acceptors (Lipinski definition) is 2. The SMILES string of the molecule is CCC(CC)C(=O)Nc1ccc(NCc2ccc(C)cc2)cc1. The third-order valence-electron chi connectivity index (χ3n) is 4.13. The maximum atomic E-state index is 12.1. The predicted molar refractivity (Wildman–Crippen MR) is 97.6 cm³/mol. The van der Waals surface area contributed by atoms with Gasteiger partial charge in [-0.1, -0.05) is 43.7 Å². The van der Waals surface area contributed by atoms with Crippen LogP contribution in [0.5, 0.6) is 0 Å². The summed E-state index contributed by atoms with van der Waals surface area (Å²) in [7, 11) is 0. The minimum absolute atomic E-state index is 0.0920. The van der Waals surface area contributed by atoms with Crippen LogP contribution in [-0.4, -0.2) is 5.91 Å². The monoisotopic (exact) mass is 310 g/mol. The van der Waals surface area contributed by atoms with Gasteiger partial charge in [-0.05, 0) is 49.6 Å². The Bertz CT molecular complexity index is 613. The van der Waals surface area contributed by atoms with Gasteiger partial charge in [0.1, 0.15) is 0 Å². The summed E-state index contributed by atoms with van der Waals surface area (Å²) in [6.07, 6.45) is 1.75. The number of anilines is 2. The van der Waals surface area contributed by atoms with Crippen molar-refractivity contribution in [2.24, 2.45) is 5.92 Å². The van der Waals surface area contributed by atoms with E-state index in [4.69, 9.17) is 0 Å². The first-order valence-electron chi connectivity index (χ1n) is 8.32. The molecule has 0 saturated carbocycles. The van der Waals surface area contributed by atoms with Gasteiger partial charge in [-0.2, -0.15) is 0 Å². The van der Waals surface area contributed by atoms with Crippen molar-refractivity contribution in [2.45, 2.75) is 40.2 Å². The van der Waals surface area contributed by atoms with Crippen molar-refractivity contribution in [1.82, 2.24) is 0 Å². The first-order chi connectivity index (χ1) is 11.1. The molecule has 0 unspecified atom stereocenters. The van der Waals surface area contributed by atoms with Crippen molar-refractivity contribution >= 4 is 17.3 Å². The van der Waals surface area contributed by atoms with Crippen molar-refractivity contribution < 1.29 is 4.79 Å². The van der Waals surface area contributed by atoms with E-state index in [2.05, 4.69) is 41.8 Å². The van der Waals surface area contributed by atoms with E-state index in [1.807, 2.05) is 38.1 Å². The van der Waals surface area contributed by atoms with E-state index in [1.54, 1.807) is 0 Å². The van der Waals surface area contributed by atoms with Gasteiger partial charge in [0.15, 0.2) is 0 Å². The molecule has 0 saturated heterocycles. The van der Waals surface area contributed by atoms with Crippen LogP contribution in [0.15, 0.2) is 48.5 Å². The quantitative estimate of drug-likeness (QED) is 0.757. The van der Waals surface area contributed by atoms with Crippen LogP contribution in [0, 0.1) is 12.8 Å². The highest BCUT2D eigenvalue weighted by Crippen LogP contribution is 2.17. The molecule has 3 heteroatoms. The zero-order valence-electron chi connectivity index (χ0n) is 14.2. The maximum Gasteiger partial charge on any atom is 0.227 e. The molecular weight excluding hydrogens is 284 g/mol. The van der Waals surface area contributed by atoms with Crippen LogP contribution in [0.25, 0.3) is 0 Å². The lowest BCUT2D eigenvalue weighted by Gasteiger charge is -2.13. The van der Waals surface area contributed by atoms with Crippen molar-refractivity contribution in [3.63, 3.8) is 0 Å². The number of amides is 1. The molecule has 1 amide bonds. The van der Waals surface area contributed by atoms with Crippen LogP contribution in [-0.2, 0) is 11.3 Å². The van der Waals surface area contributed by atoms with Crippen molar-refractivity contribution in [2.75, 3.05) is 10.6 Å². The van der Waals surface area contributed by atoms with E-state index >= 15 is 0 Å². The van der Waals surface area contributed by atoms with Gasteiger partial charge in [-0.25, -0.2) is 0 Å². The molecular formula is C20H26N2O. The lowest BCUT2D eigenvalue weighted by atomic mass is 10.0. The highest BCUT2D eigenvalue weighted by atomic mass is 16.1. The standard InChI is InChI=1S/C20H26N2O/c1-4-17(5-2)20(23)22-19-12-10-18(11-13-19)21-14-16-8-6-15(3)7-9-16/h6-13,17,21H,4-5,14H2,1-3H3,(H,22,23). The Hall–Kier alpha value is -2.29. The molecule has 122 valence electrons. The topological polar surface area (TPSA) is 41.1 Å². The van der Waals surface area contributed by atoms with Gasteiger partial charge in [0.05, 0.1) is 0 Å². The number of carbonyl (C=O) groups is 1. The fourth-order valence-corrected chi connectivity index (χ4v) is 2.49. The summed E-state index contributed by atoms with van der Waals surface area (Å²) < 4.78 is 0. The molecule has 3 nitrogen and oxygen atoms in total. The molecule has 0 radical (unpaired) electrons. The molecule has 0 aliphatic carbocycles. The molecule has 2 rings (SSSR count). The normalized spacial score (nSPS) is 10.6. The summed E-state index contributed by atoms with van der Waals surface area (Å²) in [5.74, 6) is 0.199. The summed E-state index contributed by atoms with van der Waals surface area (Å²) >= 11 is 0. The third kappa shape index (κ3) is 5.13. The summed E-state index contributed by atoms with van der Waals surface area (Å²) in [6.45, 7) is 6.98. The van der Waals surface area contributed by atoms with Crippen LogP contribution >= 0.6 is 0 Å². The average Bonchev–Trinajstić information content (AvgIpc) is 2.57. The van der Waals surface area contributed by atoms with Crippen molar-refractivity contribution in [3.05, 3.63) is 59.7 Å². The van der Waals surface area contributed by atoms with E-state index in [0.717, 1.165) is 30.8 Å². The van der Waals surface area contributed by atoms with Crippen LogP contribution in [0.2, 0.25) is 0 Å². The minimum atomic E-state index is 0.0920. The van der Waals surface area contributed by atoms with Gasteiger partial charge in [0, 0.05) is 23.8 Å². The van der Waals surface area contributed by atoms with Gasteiger partial charge in [-0.15, -0.1) is 0 Å². The smallest absolute Gasteiger partial charge is 0.227 e. The average molecular weight is 310 g/mol. The minimum Gasteiger partial charge on any atom is -0.381 e. The molecule has 0 atom stereocenters. The molecule has 0 spiro atoms. The van der Waals surface area contributed by atoms with E-state index in [0.29, 0.717) is 0 Å². The Labute approximate surface area is 139 Å². The Balaban J connectivity index is 1.89. The van der Waals surface area contributed by atoms with Crippen LogP contribution in [0.1, 0.15) is 37.8 Å². The molecule has 2 aromatic carbocycles. The molecule has 0 bridgehead atoms. The summed E-state index contributed by atoms with van der Waals surface area (Å²) in [6, 6.07) is 16.4. The van der Waals surface area contributed by atoms with Crippen LogP contribution in [0.3, 0.4) is 0 Å². The van der Waals surface area contributed by atoms with E-state index in [9.17, 15) is 4.79 Å². The van der Waals surface area contributed by atoms with Crippen LogP contribution < -0.4 is 10.6 Å². The lowest BCUT2D eigenvalue weighted by molar-refractivity contribution is -0.120. The van der Waals surface area contributed by atoms with Gasteiger partial charge < -0.3 is 10.6 Å².